The molecule has 6 heteroatoms. The SMILES string of the molecule is Cn1c(C(=O)NN)c[nH]c1=S. The first-order chi connectivity index (χ1) is 5.16. The van der Waals surface area contributed by atoms with Crippen LogP contribution in [0.4, 0.5) is 0 Å². The number of rotatable bonds is 1. The number of aromatic amines is 1. The van der Waals surface area contributed by atoms with Gasteiger partial charge in [0.25, 0.3) is 5.91 Å². The molecule has 5 nitrogen and oxygen atoms in total. The molecular weight excluding hydrogens is 164 g/mol. The zero-order valence-corrected chi connectivity index (χ0v) is 6.73. The lowest BCUT2D eigenvalue weighted by Crippen LogP contribution is -2.31. The number of aromatic nitrogens is 2. The average molecular weight is 172 g/mol. The smallest absolute Gasteiger partial charge is 0.283 e. The summed E-state index contributed by atoms with van der Waals surface area (Å²) in [7, 11) is 1.68. The van der Waals surface area contributed by atoms with E-state index in [2.05, 4.69) is 4.98 Å². The molecule has 0 saturated carbocycles. The van der Waals surface area contributed by atoms with E-state index in [9.17, 15) is 4.79 Å². The van der Waals surface area contributed by atoms with Gasteiger partial charge in [-0.25, -0.2) is 5.84 Å². The lowest BCUT2D eigenvalue weighted by molar-refractivity contribution is 0.0945. The molecule has 60 valence electrons. The number of H-pyrrole nitrogens is 1. The van der Waals surface area contributed by atoms with E-state index in [-0.39, 0.29) is 5.91 Å². The Bertz CT molecular complexity index is 325. The number of carbonyl (C=O) groups is 1. The van der Waals surface area contributed by atoms with Gasteiger partial charge >= 0.3 is 0 Å². The summed E-state index contributed by atoms with van der Waals surface area (Å²) >= 11 is 4.83. The molecule has 0 unspecified atom stereocenters. The normalized spacial score (nSPS) is 9.64. The van der Waals surface area contributed by atoms with Crippen molar-refractivity contribution in [3.63, 3.8) is 0 Å². The quantitative estimate of drug-likeness (QED) is 0.235. The minimum Gasteiger partial charge on any atom is -0.337 e. The second kappa shape index (κ2) is 2.85. The second-order valence-corrected chi connectivity index (χ2v) is 2.40. The lowest BCUT2D eigenvalue weighted by Gasteiger charge is -1.97. The van der Waals surface area contributed by atoms with Crippen LogP contribution in [0.25, 0.3) is 0 Å². The lowest BCUT2D eigenvalue weighted by atomic mass is 10.4. The summed E-state index contributed by atoms with van der Waals surface area (Å²) in [5, 5.41) is 0. The Labute approximate surface area is 68.2 Å². The largest absolute Gasteiger partial charge is 0.337 e. The monoisotopic (exact) mass is 172 g/mol. The molecule has 1 heterocycles. The molecule has 0 bridgehead atoms. The van der Waals surface area contributed by atoms with Gasteiger partial charge < -0.3 is 9.55 Å². The van der Waals surface area contributed by atoms with Gasteiger partial charge in [-0.1, -0.05) is 0 Å². The van der Waals surface area contributed by atoms with Crippen LogP contribution in [0.3, 0.4) is 0 Å². The minimum absolute atomic E-state index is 0.361. The summed E-state index contributed by atoms with van der Waals surface area (Å²) in [4.78, 5) is 13.6. The van der Waals surface area contributed by atoms with Crippen LogP contribution >= 0.6 is 12.2 Å². The Morgan fingerprint density at radius 3 is 2.91 bits per heavy atom. The van der Waals surface area contributed by atoms with Crippen molar-refractivity contribution >= 4 is 18.1 Å². The van der Waals surface area contributed by atoms with Gasteiger partial charge in [-0.05, 0) is 12.2 Å². The van der Waals surface area contributed by atoms with Crippen molar-refractivity contribution < 1.29 is 4.79 Å². The molecule has 11 heavy (non-hydrogen) atoms. The third-order valence-electron chi connectivity index (χ3n) is 1.36. The van der Waals surface area contributed by atoms with Gasteiger partial charge in [0, 0.05) is 13.2 Å². The number of nitrogen functional groups attached to an aromatic ring is 1. The zero-order valence-electron chi connectivity index (χ0n) is 5.92. The molecule has 0 atom stereocenters. The predicted octanol–water partition coefficient (Wildman–Crippen LogP) is -0.314. The fourth-order valence-corrected chi connectivity index (χ4v) is 0.882. The number of imidazole rings is 1. The van der Waals surface area contributed by atoms with Gasteiger partial charge in [0.15, 0.2) is 4.77 Å². The number of amides is 1. The summed E-state index contributed by atoms with van der Waals surface area (Å²) in [6, 6.07) is 0. The average Bonchev–Trinajstić information content (AvgIpc) is 2.32. The van der Waals surface area contributed by atoms with Crippen LogP contribution in [0.1, 0.15) is 10.5 Å². The Balaban J connectivity index is 3.15. The Hall–Kier alpha value is -1.14. The molecule has 0 aromatic carbocycles. The number of nitrogens with two attached hydrogens (primary N) is 1. The standard InChI is InChI=1S/C5H8N4OS/c1-9-3(4(10)8-6)2-7-5(9)11/h2H,6H2,1H3,(H,7,11)(H,8,10). The van der Waals surface area contributed by atoms with E-state index in [0.717, 1.165) is 0 Å². The third kappa shape index (κ3) is 1.31. The summed E-state index contributed by atoms with van der Waals surface area (Å²) in [5.41, 5.74) is 2.42. The molecule has 0 radical (unpaired) electrons. The van der Waals surface area contributed by atoms with E-state index in [1.807, 2.05) is 5.43 Å². The van der Waals surface area contributed by atoms with Crippen molar-refractivity contribution in [1.82, 2.24) is 15.0 Å². The van der Waals surface area contributed by atoms with E-state index in [1.54, 1.807) is 7.05 Å². The van der Waals surface area contributed by atoms with E-state index >= 15 is 0 Å². The number of hydrogen-bond acceptors (Lipinski definition) is 3. The minimum atomic E-state index is -0.361. The molecule has 1 aromatic rings. The van der Waals surface area contributed by atoms with Crippen molar-refractivity contribution in [3.05, 3.63) is 16.7 Å². The summed E-state index contributed by atoms with van der Waals surface area (Å²) in [6.07, 6.45) is 1.50. The second-order valence-electron chi connectivity index (χ2n) is 2.01. The number of nitrogens with one attached hydrogen (secondary N) is 2. The van der Waals surface area contributed by atoms with Crippen LogP contribution in [0.5, 0.6) is 0 Å². The van der Waals surface area contributed by atoms with Crippen LogP contribution in [0.2, 0.25) is 0 Å². The van der Waals surface area contributed by atoms with Crippen molar-refractivity contribution in [2.24, 2.45) is 12.9 Å². The van der Waals surface area contributed by atoms with Gasteiger partial charge in [0.05, 0.1) is 0 Å². The van der Waals surface area contributed by atoms with E-state index in [4.69, 9.17) is 18.1 Å². The maximum Gasteiger partial charge on any atom is 0.283 e. The number of hydrogen-bond donors (Lipinski definition) is 3. The third-order valence-corrected chi connectivity index (χ3v) is 1.75. The molecule has 1 amide bonds. The first-order valence-electron chi connectivity index (χ1n) is 2.92. The molecule has 0 aliphatic carbocycles. The van der Waals surface area contributed by atoms with Gasteiger partial charge in [-0.15, -0.1) is 0 Å². The van der Waals surface area contributed by atoms with Crippen LogP contribution in [0, 0.1) is 4.77 Å². The van der Waals surface area contributed by atoms with E-state index in [0.29, 0.717) is 10.5 Å². The van der Waals surface area contributed by atoms with Crippen LogP contribution < -0.4 is 11.3 Å². The molecule has 0 spiro atoms. The maximum absolute atomic E-state index is 10.9. The van der Waals surface area contributed by atoms with Gasteiger partial charge in [-0.3, -0.25) is 10.2 Å². The summed E-state index contributed by atoms with van der Waals surface area (Å²) in [6.45, 7) is 0. The molecule has 0 saturated heterocycles. The van der Waals surface area contributed by atoms with Crippen LogP contribution in [0.15, 0.2) is 6.20 Å². The highest BCUT2D eigenvalue weighted by Gasteiger charge is 2.07. The maximum atomic E-state index is 10.9. The molecule has 4 N–H and O–H groups in total. The fourth-order valence-electron chi connectivity index (χ4n) is 0.725. The predicted molar refractivity (Wildman–Crippen MR) is 42.3 cm³/mol. The molecule has 0 aliphatic rings. The van der Waals surface area contributed by atoms with Crippen molar-refractivity contribution in [2.45, 2.75) is 0 Å². The summed E-state index contributed by atoms with van der Waals surface area (Å²) < 4.78 is 2.03. The van der Waals surface area contributed by atoms with Crippen molar-refractivity contribution in [2.75, 3.05) is 0 Å². The number of hydrazine groups is 1. The van der Waals surface area contributed by atoms with Gasteiger partial charge in [0.2, 0.25) is 0 Å². The molecule has 1 rings (SSSR count). The molecule has 0 aliphatic heterocycles. The topological polar surface area (TPSA) is 75.8 Å². The van der Waals surface area contributed by atoms with Crippen LogP contribution in [-0.2, 0) is 7.05 Å². The number of nitrogens with zero attached hydrogens (tertiary/aromatic N) is 1. The fraction of sp³-hybridized carbons (Fsp3) is 0.200. The van der Waals surface area contributed by atoms with Gasteiger partial charge in [-0.2, -0.15) is 0 Å². The zero-order chi connectivity index (χ0) is 8.43. The van der Waals surface area contributed by atoms with E-state index in [1.165, 1.54) is 10.8 Å². The van der Waals surface area contributed by atoms with Crippen molar-refractivity contribution in [3.8, 4) is 0 Å². The first kappa shape index (κ1) is 7.96. The Morgan fingerprint density at radius 1 is 1.91 bits per heavy atom. The molecular formula is C5H8N4OS. The highest BCUT2D eigenvalue weighted by molar-refractivity contribution is 7.71. The Kier molecular flexibility index (Phi) is 2.06. The highest BCUT2D eigenvalue weighted by Crippen LogP contribution is 1.96. The first-order valence-corrected chi connectivity index (χ1v) is 3.33. The van der Waals surface area contributed by atoms with Crippen molar-refractivity contribution in [1.29, 1.82) is 0 Å². The highest BCUT2D eigenvalue weighted by atomic mass is 32.1. The van der Waals surface area contributed by atoms with Crippen LogP contribution in [-0.4, -0.2) is 15.5 Å². The number of carbonyl (C=O) groups excluding carboxylic acids is 1. The van der Waals surface area contributed by atoms with Gasteiger partial charge in [0.1, 0.15) is 5.69 Å². The molecule has 1 aromatic heterocycles. The summed E-state index contributed by atoms with van der Waals surface area (Å²) in [5.74, 6) is 4.56. The Morgan fingerprint density at radius 2 is 2.55 bits per heavy atom. The molecule has 0 fully saturated rings. The van der Waals surface area contributed by atoms with E-state index < -0.39 is 0 Å².